The van der Waals surface area contributed by atoms with Crippen molar-refractivity contribution in [2.24, 2.45) is 0 Å². The van der Waals surface area contributed by atoms with Crippen LogP contribution in [0.2, 0.25) is 0 Å². The lowest BCUT2D eigenvalue weighted by molar-refractivity contribution is -0.137. The number of benzene rings is 1. The first-order valence-electron chi connectivity index (χ1n) is 6.20. The van der Waals surface area contributed by atoms with E-state index in [9.17, 15) is 18.0 Å². The summed E-state index contributed by atoms with van der Waals surface area (Å²) in [6.07, 6.45) is -4.32. The van der Waals surface area contributed by atoms with E-state index in [-0.39, 0.29) is 11.9 Å². The second kappa shape index (κ2) is 6.26. The molecule has 3 nitrogen and oxygen atoms in total. The molecule has 0 aromatic heterocycles. The summed E-state index contributed by atoms with van der Waals surface area (Å²) in [5.41, 5.74) is 0.0697. The second-order valence-corrected chi connectivity index (χ2v) is 5.02. The molecule has 0 spiro atoms. The van der Waals surface area contributed by atoms with Crippen LogP contribution >= 0.6 is 0 Å². The van der Waals surface area contributed by atoms with Gasteiger partial charge in [0.1, 0.15) is 0 Å². The summed E-state index contributed by atoms with van der Waals surface area (Å²) >= 11 is 0. The quantitative estimate of drug-likeness (QED) is 0.850. The number of amides is 1. The van der Waals surface area contributed by atoms with Crippen LogP contribution < -0.4 is 0 Å². The average molecular weight is 288 g/mol. The van der Waals surface area contributed by atoms with E-state index in [1.54, 1.807) is 33.0 Å². The smallest absolute Gasteiger partial charge is 0.347 e. The minimum Gasteiger partial charge on any atom is -0.347 e. The maximum absolute atomic E-state index is 12.4. The minimum atomic E-state index is -4.32. The monoisotopic (exact) mass is 288 g/mol. The van der Waals surface area contributed by atoms with Gasteiger partial charge in [-0.05, 0) is 31.7 Å². The van der Waals surface area contributed by atoms with Crippen LogP contribution in [-0.2, 0) is 17.5 Å². The lowest BCUT2D eigenvalue weighted by Crippen LogP contribution is -2.42. The van der Waals surface area contributed by atoms with Gasteiger partial charge in [-0.3, -0.25) is 9.69 Å². The van der Waals surface area contributed by atoms with Crippen LogP contribution in [0, 0.1) is 0 Å². The zero-order valence-electron chi connectivity index (χ0n) is 12.0. The van der Waals surface area contributed by atoms with Crippen molar-refractivity contribution < 1.29 is 18.0 Å². The predicted octanol–water partition coefficient (Wildman–Crippen LogP) is 2.61. The Morgan fingerprint density at radius 3 is 2.05 bits per heavy atom. The van der Waals surface area contributed by atoms with E-state index in [0.717, 1.165) is 17.7 Å². The first-order valence-corrected chi connectivity index (χ1v) is 6.20. The molecule has 0 aliphatic heterocycles. The molecule has 0 aliphatic carbocycles. The van der Waals surface area contributed by atoms with Crippen molar-refractivity contribution in [3.05, 3.63) is 35.4 Å². The summed E-state index contributed by atoms with van der Waals surface area (Å²) in [5, 5.41) is 0. The zero-order chi connectivity index (χ0) is 15.5. The Hall–Kier alpha value is -1.56. The molecule has 0 N–H and O–H groups in total. The Balaban J connectivity index is 2.72. The Morgan fingerprint density at radius 1 is 1.15 bits per heavy atom. The molecule has 1 aromatic carbocycles. The number of nitrogens with zero attached hydrogens (tertiary/aromatic N) is 2. The highest BCUT2D eigenvalue weighted by atomic mass is 19.4. The minimum absolute atomic E-state index is 0.0422. The van der Waals surface area contributed by atoms with Crippen molar-refractivity contribution in [1.82, 2.24) is 9.80 Å². The van der Waals surface area contributed by atoms with Gasteiger partial charge in [0, 0.05) is 20.6 Å². The summed E-state index contributed by atoms with van der Waals surface area (Å²) in [6, 6.07) is 4.66. The van der Waals surface area contributed by atoms with E-state index in [4.69, 9.17) is 0 Å². The molecule has 0 radical (unpaired) electrons. The summed E-state index contributed by atoms with van der Waals surface area (Å²) in [5.74, 6) is -0.0422. The van der Waals surface area contributed by atoms with Gasteiger partial charge in [-0.2, -0.15) is 13.2 Å². The molecule has 112 valence electrons. The van der Waals surface area contributed by atoms with Gasteiger partial charge >= 0.3 is 6.18 Å². The Morgan fingerprint density at radius 2 is 1.65 bits per heavy atom. The van der Waals surface area contributed by atoms with Crippen LogP contribution in [0.3, 0.4) is 0 Å². The molecular weight excluding hydrogens is 269 g/mol. The highest BCUT2D eigenvalue weighted by Crippen LogP contribution is 2.29. The largest absolute Gasteiger partial charge is 0.416 e. The topological polar surface area (TPSA) is 23.6 Å². The van der Waals surface area contributed by atoms with Crippen molar-refractivity contribution in [2.75, 3.05) is 21.1 Å². The number of likely N-dealkylation sites (N-methyl/N-ethyl adjacent to an activating group) is 2. The van der Waals surface area contributed by atoms with Crippen LogP contribution in [0.25, 0.3) is 0 Å². The van der Waals surface area contributed by atoms with Gasteiger partial charge < -0.3 is 4.90 Å². The molecule has 6 heteroatoms. The first-order chi connectivity index (χ1) is 9.12. The molecule has 20 heavy (non-hydrogen) atoms. The Kier molecular flexibility index (Phi) is 5.16. The van der Waals surface area contributed by atoms with Gasteiger partial charge in [0.2, 0.25) is 5.91 Å². The van der Waals surface area contributed by atoms with E-state index in [2.05, 4.69) is 0 Å². The molecule has 0 saturated carbocycles. The van der Waals surface area contributed by atoms with E-state index in [0.29, 0.717) is 6.54 Å². The van der Waals surface area contributed by atoms with Crippen LogP contribution in [0.4, 0.5) is 13.2 Å². The predicted molar refractivity (Wildman–Crippen MR) is 71.1 cm³/mol. The summed E-state index contributed by atoms with van der Waals surface area (Å²) in [7, 11) is 5.11. The van der Waals surface area contributed by atoms with E-state index in [1.165, 1.54) is 17.0 Å². The molecule has 0 bridgehead atoms. The third-order valence-corrected chi connectivity index (χ3v) is 3.17. The van der Waals surface area contributed by atoms with Crippen molar-refractivity contribution in [1.29, 1.82) is 0 Å². The lowest BCUT2D eigenvalue weighted by Gasteiger charge is -2.26. The van der Waals surface area contributed by atoms with E-state index < -0.39 is 11.7 Å². The molecule has 1 atom stereocenters. The number of halogens is 3. The molecule has 1 aromatic rings. The molecule has 0 fully saturated rings. The van der Waals surface area contributed by atoms with Crippen LogP contribution in [0.15, 0.2) is 24.3 Å². The summed E-state index contributed by atoms with van der Waals surface area (Å²) in [4.78, 5) is 15.1. The summed E-state index contributed by atoms with van der Waals surface area (Å²) in [6.45, 7) is 2.19. The maximum atomic E-state index is 12.4. The molecule has 0 heterocycles. The van der Waals surface area contributed by atoms with Crippen LogP contribution in [-0.4, -0.2) is 42.9 Å². The number of carbonyl (C=O) groups excluding carboxylic acids is 1. The third kappa shape index (κ3) is 4.23. The number of carbonyl (C=O) groups is 1. The van der Waals surface area contributed by atoms with Gasteiger partial charge in [0.15, 0.2) is 0 Å². The van der Waals surface area contributed by atoms with Crippen molar-refractivity contribution >= 4 is 5.91 Å². The first kappa shape index (κ1) is 16.5. The molecule has 1 rings (SSSR count). The van der Waals surface area contributed by atoms with E-state index >= 15 is 0 Å². The Bertz CT molecular complexity index is 454. The molecule has 1 amide bonds. The third-order valence-electron chi connectivity index (χ3n) is 3.17. The Labute approximate surface area is 117 Å². The van der Waals surface area contributed by atoms with Gasteiger partial charge in [-0.1, -0.05) is 12.1 Å². The van der Waals surface area contributed by atoms with Gasteiger partial charge in [0.05, 0.1) is 11.6 Å². The SMILES string of the molecule is CC(C(=O)N(C)C)N(C)Cc1ccc(C(F)(F)F)cc1. The van der Waals surface area contributed by atoms with Crippen LogP contribution in [0.1, 0.15) is 18.1 Å². The standard InChI is InChI=1S/C14H19F3N2O/c1-10(13(20)18(2)3)19(4)9-11-5-7-12(8-6-11)14(15,16)17/h5-8,10H,9H2,1-4H3. The average Bonchev–Trinajstić information content (AvgIpc) is 2.36. The fourth-order valence-electron chi connectivity index (χ4n) is 1.79. The van der Waals surface area contributed by atoms with E-state index in [1.807, 2.05) is 0 Å². The van der Waals surface area contributed by atoms with Crippen LogP contribution in [0.5, 0.6) is 0 Å². The second-order valence-electron chi connectivity index (χ2n) is 5.02. The summed E-state index contributed by atoms with van der Waals surface area (Å²) < 4.78 is 37.3. The zero-order valence-corrected chi connectivity index (χ0v) is 12.0. The maximum Gasteiger partial charge on any atom is 0.416 e. The number of rotatable bonds is 4. The molecule has 0 saturated heterocycles. The van der Waals surface area contributed by atoms with Gasteiger partial charge in [0.25, 0.3) is 0 Å². The van der Waals surface area contributed by atoms with Gasteiger partial charge in [-0.25, -0.2) is 0 Å². The highest BCUT2D eigenvalue weighted by molar-refractivity contribution is 5.80. The van der Waals surface area contributed by atoms with Crippen molar-refractivity contribution in [2.45, 2.75) is 25.7 Å². The molecule has 0 aliphatic rings. The highest BCUT2D eigenvalue weighted by Gasteiger charge is 2.30. The van der Waals surface area contributed by atoms with Crippen molar-refractivity contribution in [3.63, 3.8) is 0 Å². The van der Waals surface area contributed by atoms with Crippen molar-refractivity contribution in [3.8, 4) is 0 Å². The number of hydrogen-bond acceptors (Lipinski definition) is 2. The molecule has 1 unspecified atom stereocenters. The molecular formula is C14H19F3N2O. The lowest BCUT2D eigenvalue weighted by atomic mass is 10.1. The fraction of sp³-hybridized carbons (Fsp3) is 0.500. The number of alkyl halides is 3. The number of hydrogen-bond donors (Lipinski definition) is 0. The fourth-order valence-corrected chi connectivity index (χ4v) is 1.79. The van der Waals surface area contributed by atoms with Gasteiger partial charge in [-0.15, -0.1) is 0 Å². The normalized spacial score (nSPS) is 13.4.